The first-order chi connectivity index (χ1) is 7.67. The van der Waals surface area contributed by atoms with E-state index in [2.05, 4.69) is 4.74 Å². The van der Waals surface area contributed by atoms with Crippen LogP contribution in [0.4, 0.5) is 0 Å². The summed E-state index contributed by atoms with van der Waals surface area (Å²) in [6, 6.07) is 4.76. The number of hydrogen-bond acceptors (Lipinski definition) is 4. The molecule has 1 aromatic carbocycles. The van der Waals surface area contributed by atoms with Gasteiger partial charge in [-0.25, -0.2) is 0 Å². The van der Waals surface area contributed by atoms with Gasteiger partial charge in [-0.15, -0.1) is 0 Å². The van der Waals surface area contributed by atoms with Crippen molar-refractivity contribution >= 4 is 12.0 Å². The van der Waals surface area contributed by atoms with E-state index in [-0.39, 0.29) is 18.1 Å². The molecule has 0 fully saturated rings. The highest BCUT2D eigenvalue weighted by Crippen LogP contribution is 2.24. The van der Waals surface area contributed by atoms with Gasteiger partial charge in [0.05, 0.1) is 20.6 Å². The lowest BCUT2D eigenvalue weighted by Crippen LogP contribution is -1.96. The molecule has 0 radical (unpaired) electrons. The Morgan fingerprint density at radius 2 is 2.19 bits per heavy atom. The summed E-state index contributed by atoms with van der Waals surface area (Å²) in [6.45, 7) is 0. The second-order valence-electron chi connectivity index (χ2n) is 3.11. The number of carbonyl (C=O) groups excluding carboxylic acids is 1. The number of phenols is 1. The van der Waals surface area contributed by atoms with E-state index in [9.17, 15) is 9.90 Å². The average molecular weight is 222 g/mol. The highest BCUT2D eigenvalue weighted by Gasteiger charge is 2.01. The van der Waals surface area contributed by atoms with Gasteiger partial charge in [-0.3, -0.25) is 4.79 Å². The van der Waals surface area contributed by atoms with E-state index < -0.39 is 0 Å². The zero-order valence-electron chi connectivity index (χ0n) is 9.27. The fraction of sp³-hybridized carbons (Fsp3) is 0.250. The third kappa shape index (κ3) is 3.31. The van der Waals surface area contributed by atoms with Crippen molar-refractivity contribution in [3.05, 3.63) is 29.8 Å². The SMILES string of the molecule is COC(=O)CC=Cc1cc(O)ccc1OC. The maximum Gasteiger partial charge on any atom is 0.309 e. The van der Waals surface area contributed by atoms with Gasteiger partial charge in [0.2, 0.25) is 0 Å². The minimum Gasteiger partial charge on any atom is -0.508 e. The van der Waals surface area contributed by atoms with Crippen LogP contribution in [0.1, 0.15) is 12.0 Å². The number of methoxy groups -OCH3 is 2. The van der Waals surface area contributed by atoms with Crippen molar-refractivity contribution in [1.29, 1.82) is 0 Å². The summed E-state index contributed by atoms with van der Waals surface area (Å²) in [4.78, 5) is 10.9. The molecule has 0 saturated carbocycles. The van der Waals surface area contributed by atoms with E-state index in [0.29, 0.717) is 11.3 Å². The number of hydrogen-bond donors (Lipinski definition) is 1. The fourth-order valence-electron chi connectivity index (χ4n) is 1.22. The normalized spacial score (nSPS) is 10.4. The van der Waals surface area contributed by atoms with Crippen molar-refractivity contribution in [3.8, 4) is 11.5 Å². The number of rotatable bonds is 4. The van der Waals surface area contributed by atoms with Crippen LogP contribution >= 0.6 is 0 Å². The van der Waals surface area contributed by atoms with Crippen LogP contribution < -0.4 is 4.74 Å². The number of ether oxygens (including phenoxy) is 2. The molecule has 0 saturated heterocycles. The molecule has 0 atom stereocenters. The summed E-state index contributed by atoms with van der Waals surface area (Å²) in [5.41, 5.74) is 0.714. The molecule has 1 N–H and O–H groups in total. The molecule has 4 nitrogen and oxygen atoms in total. The predicted molar refractivity (Wildman–Crippen MR) is 60.3 cm³/mol. The van der Waals surface area contributed by atoms with Gasteiger partial charge < -0.3 is 14.6 Å². The number of carbonyl (C=O) groups is 1. The van der Waals surface area contributed by atoms with Crippen LogP contribution in [0, 0.1) is 0 Å². The fourth-order valence-corrected chi connectivity index (χ4v) is 1.22. The summed E-state index contributed by atoms with van der Waals surface area (Å²) < 4.78 is 9.60. The van der Waals surface area contributed by atoms with E-state index >= 15 is 0 Å². The maximum atomic E-state index is 10.9. The Hall–Kier alpha value is -1.97. The smallest absolute Gasteiger partial charge is 0.309 e. The first-order valence-electron chi connectivity index (χ1n) is 4.77. The Kier molecular flexibility index (Phi) is 4.39. The highest BCUT2D eigenvalue weighted by molar-refractivity contribution is 5.73. The summed E-state index contributed by atoms with van der Waals surface area (Å²) in [7, 11) is 2.88. The van der Waals surface area contributed by atoms with Gasteiger partial charge in [-0.2, -0.15) is 0 Å². The largest absolute Gasteiger partial charge is 0.508 e. The summed E-state index contributed by atoms with van der Waals surface area (Å²) in [5.74, 6) is 0.479. The minimum atomic E-state index is -0.310. The number of aromatic hydroxyl groups is 1. The second kappa shape index (κ2) is 5.80. The highest BCUT2D eigenvalue weighted by atomic mass is 16.5. The molecule has 86 valence electrons. The van der Waals surface area contributed by atoms with Crippen molar-refractivity contribution in [2.75, 3.05) is 14.2 Å². The van der Waals surface area contributed by atoms with Crippen molar-refractivity contribution in [2.24, 2.45) is 0 Å². The van der Waals surface area contributed by atoms with Crippen LogP contribution in [0.25, 0.3) is 6.08 Å². The minimum absolute atomic E-state index is 0.151. The number of benzene rings is 1. The molecule has 0 unspecified atom stereocenters. The molecule has 0 heterocycles. The monoisotopic (exact) mass is 222 g/mol. The van der Waals surface area contributed by atoms with E-state index in [1.165, 1.54) is 13.2 Å². The number of esters is 1. The van der Waals surface area contributed by atoms with Crippen molar-refractivity contribution in [1.82, 2.24) is 0 Å². The lowest BCUT2D eigenvalue weighted by atomic mass is 10.1. The number of phenolic OH excluding ortho intramolecular Hbond substituents is 1. The van der Waals surface area contributed by atoms with E-state index in [4.69, 9.17) is 4.74 Å². The molecule has 0 aliphatic rings. The van der Waals surface area contributed by atoms with Crippen LogP contribution in [0.15, 0.2) is 24.3 Å². The van der Waals surface area contributed by atoms with Crippen LogP contribution in [-0.2, 0) is 9.53 Å². The molecular formula is C12H14O4. The molecule has 1 rings (SSSR count). The Bertz CT molecular complexity index is 396. The van der Waals surface area contributed by atoms with Gasteiger partial charge in [-0.1, -0.05) is 12.2 Å². The van der Waals surface area contributed by atoms with Crippen molar-refractivity contribution in [2.45, 2.75) is 6.42 Å². The molecule has 0 aliphatic heterocycles. The van der Waals surface area contributed by atoms with Gasteiger partial charge in [0.15, 0.2) is 0 Å². The van der Waals surface area contributed by atoms with Gasteiger partial charge in [-0.05, 0) is 18.2 Å². The first-order valence-corrected chi connectivity index (χ1v) is 4.77. The quantitative estimate of drug-likeness (QED) is 0.791. The second-order valence-corrected chi connectivity index (χ2v) is 3.11. The first kappa shape index (κ1) is 12.1. The van der Waals surface area contributed by atoms with Gasteiger partial charge in [0, 0.05) is 5.56 Å². The van der Waals surface area contributed by atoms with Gasteiger partial charge in [0.25, 0.3) is 0 Å². The standard InChI is InChI=1S/C12H14O4/c1-15-11-7-6-10(13)8-9(11)4-3-5-12(14)16-2/h3-4,6-8,13H,5H2,1-2H3. The summed E-state index contributed by atoms with van der Waals surface area (Å²) in [6.07, 6.45) is 3.55. The Morgan fingerprint density at radius 1 is 1.44 bits per heavy atom. The van der Waals surface area contributed by atoms with E-state index in [1.54, 1.807) is 31.4 Å². The Balaban J connectivity index is 2.79. The Labute approximate surface area is 94.1 Å². The van der Waals surface area contributed by atoms with Crippen LogP contribution in [0.2, 0.25) is 0 Å². The molecule has 0 aliphatic carbocycles. The molecule has 16 heavy (non-hydrogen) atoms. The average Bonchev–Trinajstić information content (AvgIpc) is 2.29. The summed E-state index contributed by atoms with van der Waals surface area (Å²) >= 11 is 0. The molecule has 0 bridgehead atoms. The lowest BCUT2D eigenvalue weighted by molar-refractivity contribution is -0.139. The zero-order chi connectivity index (χ0) is 12.0. The molecule has 4 heteroatoms. The van der Waals surface area contributed by atoms with Crippen LogP contribution in [0.5, 0.6) is 11.5 Å². The van der Waals surface area contributed by atoms with E-state index in [1.807, 2.05) is 0 Å². The van der Waals surface area contributed by atoms with E-state index in [0.717, 1.165) is 0 Å². The molecule has 0 spiro atoms. The lowest BCUT2D eigenvalue weighted by Gasteiger charge is -2.04. The van der Waals surface area contributed by atoms with Gasteiger partial charge in [0.1, 0.15) is 11.5 Å². The maximum absolute atomic E-state index is 10.9. The Morgan fingerprint density at radius 3 is 2.81 bits per heavy atom. The molecule has 0 aromatic heterocycles. The zero-order valence-corrected chi connectivity index (χ0v) is 9.27. The van der Waals surface area contributed by atoms with Crippen molar-refractivity contribution in [3.63, 3.8) is 0 Å². The molecular weight excluding hydrogens is 208 g/mol. The third-order valence-corrected chi connectivity index (χ3v) is 2.02. The van der Waals surface area contributed by atoms with Gasteiger partial charge >= 0.3 is 5.97 Å². The predicted octanol–water partition coefficient (Wildman–Crippen LogP) is 1.98. The van der Waals surface area contributed by atoms with Crippen molar-refractivity contribution < 1.29 is 19.4 Å². The summed E-state index contributed by atoms with van der Waals surface area (Å²) in [5, 5.41) is 9.31. The molecule has 1 aromatic rings. The third-order valence-electron chi connectivity index (χ3n) is 2.02. The van der Waals surface area contributed by atoms with Crippen LogP contribution in [-0.4, -0.2) is 25.3 Å². The topological polar surface area (TPSA) is 55.8 Å². The van der Waals surface area contributed by atoms with Crippen LogP contribution in [0.3, 0.4) is 0 Å². The molecule has 0 amide bonds.